The second kappa shape index (κ2) is 6.59. The highest BCUT2D eigenvalue weighted by Gasteiger charge is 2.57. The molecule has 4 aromatic rings. The van der Waals surface area contributed by atoms with Gasteiger partial charge in [-0.25, -0.2) is 18.7 Å². The molecule has 2 N–H and O–H groups in total. The summed E-state index contributed by atoms with van der Waals surface area (Å²) in [6.45, 7) is 5.23. The summed E-state index contributed by atoms with van der Waals surface area (Å²) in [5, 5.41) is 25.0. The number of imidazole rings is 1. The van der Waals surface area contributed by atoms with Gasteiger partial charge in [-0.3, -0.25) is 0 Å². The fraction of sp³-hybridized carbons (Fsp3) is 0.318. The molecule has 162 valence electrons. The lowest BCUT2D eigenvalue weighted by Crippen LogP contribution is -2.34. The largest absolute Gasteiger partial charge is 0.465 e. The predicted molar refractivity (Wildman–Crippen MR) is 115 cm³/mol. The first-order chi connectivity index (χ1) is 15.4. The number of nitrogens with zero attached hydrogens (tertiary/aromatic N) is 6. The molecule has 1 amide bonds. The number of halogens is 1. The molecular weight excluding hydrogens is 413 g/mol. The van der Waals surface area contributed by atoms with Gasteiger partial charge in [0.25, 0.3) is 0 Å². The average molecular weight is 433 g/mol. The van der Waals surface area contributed by atoms with Crippen molar-refractivity contribution in [1.82, 2.24) is 30.1 Å². The molecule has 2 aliphatic rings. The van der Waals surface area contributed by atoms with E-state index in [1.54, 1.807) is 16.6 Å². The van der Waals surface area contributed by atoms with E-state index >= 15 is 4.39 Å². The first-order valence-corrected chi connectivity index (χ1v) is 10.4. The number of benzene rings is 1. The van der Waals surface area contributed by atoms with E-state index in [0.29, 0.717) is 41.1 Å². The number of carboxylic acid groups (broad SMARTS) is 1. The number of aromatic nitrogens is 5. The lowest BCUT2D eigenvalue weighted by atomic mass is 10.1. The number of hydrogen-bond donors (Lipinski definition) is 2. The average Bonchev–Trinajstić information content (AvgIpc) is 3.08. The van der Waals surface area contributed by atoms with Crippen molar-refractivity contribution in [3.63, 3.8) is 0 Å². The van der Waals surface area contributed by atoms with Crippen LogP contribution in [0.25, 0.3) is 27.8 Å². The van der Waals surface area contributed by atoms with Crippen LogP contribution in [-0.2, 0) is 0 Å². The minimum absolute atomic E-state index is 0.00374. The third-order valence-electron chi connectivity index (χ3n) is 6.48. The van der Waals surface area contributed by atoms with Crippen molar-refractivity contribution in [3.8, 4) is 11.3 Å². The van der Waals surface area contributed by atoms with Crippen LogP contribution in [0.1, 0.15) is 11.3 Å². The number of aryl methyl sites for hydroxylation is 2. The Bertz CT molecular complexity index is 1410. The molecule has 10 heteroatoms. The van der Waals surface area contributed by atoms with Crippen molar-refractivity contribution in [2.24, 2.45) is 11.8 Å². The third-order valence-corrected chi connectivity index (χ3v) is 6.48. The summed E-state index contributed by atoms with van der Waals surface area (Å²) >= 11 is 0. The van der Waals surface area contributed by atoms with Crippen LogP contribution in [-0.4, -0.2) is 55.1 Å². The number of anilines is 1. The van der Waals surface area contributed by atoms with Crippen molar-refractivity contribution in [2.45, 2.75) is 19.9 Å². The van der Waals surface area contributed by atoms with Gasteiger partial charge in [-0.2, -0.15) is 5.10 Å². The van der Waals surface area contributed by atoms with E-state index in [4.69, 9.17) is 5.11 Å². The zero-order valence-electron chi connectivity index (χ0n) is 17.4. The van der Waals surface area contributed by atoms with Crippen LogP contribution in [0.15, 0.2) is 30.5 Å². The van der Waals surface area contributed by atoms with E-state index in [2.05, 4.69) is 25.6 Å². The molecule has 0 spiro atoms. The number of carbonyl (C=O) groups is 1. The molecule has 0 bridgehead atoms. The molecule has 1 aliphatic heterocycles. The Balaban J connectivity index is 1.31. The fourth-order valence-electron chi connectivity index (χ4n) is 4.85. The zero-order valence-corrected chi connectivity index (χ0v) is 17.4. The van der Waals surface area contributed by atoms with Gasteiger partial charge in [-0.1, -0.05) is 0 Å². The Labute approximate surface area is 181 Å². The Morgan fingerprint density at radius 1 is 1.16 bits per heavy atom. The summed E-state index contributed by atoms with van der Waals surface area (Å²) < 4.78 is 16.8. The molecule has 6 rings (SSSR count). The number of fused-ring (bicyclic) bond motifs is 3. The van der Waals surface area contributed by atoms with E-state index in [1.165, 1.54) is 6.07 Å². The Hall–Kier alpha value is -3.82. The molecular formula is C22H20FN7O2. The van der Waals surface area contributed by atoms with Gasteiger partial charge in [0.05, 0.1) is 23.1 Å². The van der Waals surface area contributed by atoms with E-state index in [0.717, 1.165) is 16.9 Å². The molecule has 1 saturated carbocycles. The first kappa shape index (κ1) is 18.9. The van der Waals surface area contributed by atoms with E-state index < -0.39 is 6.09 Å². The summed E-state index contributed by atoms with van der Waals surface area (Å²) in [5.41, 5.74) is 4.31. The van der Waals surface area contributed by atoms with E-state index in [1.807, 2.05) is 31.0 Å². The summed E-state index contributed by atoms with van der Waals surface area (Å²) in [4.78, 5) is 17.3. The van der Waals surface area contributed by atoms with Gasteiger partial charge in [0.15, 0.2) is 11.5 Å². The monoisotopic (exact) mass is 433 g/mol. The van der Waals surface area contributed by atoms with Crippen LogP contribution in [0, 0.1) is 31.5 Å². The number of nitrogens with one attached hydrogen (secondary N) is 1. The number of amides is 1. The van der Waals surface area contributed by atoms with Gasteiger partial charge in [-0.05, 0) is 43.7 Å². The van der Waals surface area contributed by atoms with Crippen LogP contribution in [0.5, 0.6) is 0 Å². The lowest BCUT2D eigenvalue weighted by molar-refractivity contribution is 0.192. The quantitative estimate of drug-likeness (QED) is 0.511. The molecule has 9 nitrogen and oxygen atoms in total. The molecule has 3 aromatic heterocycles. The molecule has 4 heterocycles. The van der Waals surface area contributed by atoms with Gasteiger partial charge in [0, 0.05) is 41.9 Å². The molecule has 1 aliphatic carbocycles. The molecule has 2 unspecified atom stereocenters. The lowest BCUT2D eigenvalue weighted by Gasteiger charge is -2.20. The SMILES string of the molecule is Cc1cn2nc(-c3cc(F)c4cc(N5CC6C(NC(=O)O)[C@@H]6C5)nnc4c3)cc(C)c2n1. The predicted octanol–water partition coefficient (Wildman–Crippen LogP) is 2.80. The maximum Gasteiger partial charge on any atom is 0.404 e. The number of rotatable bonds is 3. The van der Waals surface area contributed by atoms with Gasteiger partial charge >= 0.3 is 6.09 Å². The summed E-state index contributed by atoms with van der Waals surface area (Å²) in [7, 11) is 0. The van der Waals surface area contributed by atoms with Gasteiger partial charge < -0.3 is 15.3 Å². The van der Waals surface area contributed by atoms with Crippen molar-refractivity contribution in [3.05, 3.63) is 47.5 Å². The Kier molecular flexibility index (Phi) is 3.89. The molecule has 1 aromatic carbocycles. The molecule has 3 atom stereocenters. The highest BCUT2D eigenvalue weighted by atomic mass is 19.1. The van der Waals surface area contributed by atoms with Crippen LogP contribution < -0.4 is 10.2 Å². The van der Waals surface area contributed by atoms with E-state index in [-0.39, 0.29) is 23.7 Å². The highest BCUT2D eigenvalue weighted by molar-refractivity contribution is 5.86. The standard InChI is InChI=1S/C22H20FN7O2/c1-10-3-17(28-30-7-11(2)24-21(10)30)12-4-16(23)13-6-19(27-26-18(13)5-12)29-8-14-15(9-29)20(14)25-22(31)32/h3-7,14-15,20,25H,8-9H2,1-2H3,(H,31,32)/t14-,15?,20?/m1/s1. The maximum atomic E-state index is 15.1. The number of piperidine rings is 1. The second-order valence-electron chi connectivity index (χ2n) is 8.66. The minimum Gasteiger partial charge on any atom is -0.465 e. The van der Waals surface area contributed by atoms with Crippen molar-refractivity contribution in [1.29, 1.82) is 0 Å². The van der Waals surface area contributed by atoms with Crippen LogP contribution in [0.2, 0.25) is 0 Å². The summed E-state index contributed by atoms with van der Waals surface area (Å²) in [5.74, 6) is 0.762. The van der Waals surface area contributed by atoms with Crippen molar-refractivity contribution in [2.75, 3.05) is 18.0 Å². The van der Waals surface area contributed by atoms with Crippen molar-refractivity contribution < 1.29 is 14.3 Å². The van der Waals surface area contributed by atoms with Crippen LogP contribution in [0.4, 0.5) is 15.0 Å². The molecule has 2 fully saturated rings. The maximum absolute atomic E-state index is 15.1. The van der Waals surface area contributed by atoms with Crippen LogP contribution in [0.3, 0.4) is 0 Å². The van der Waals surface area contributed by atoms with Gasteiger partial charge in [0.1, 0.15) is 5.82 Å². The topological polar surface area (TPSA) is 109 Å². The fourth-order valence-corrected chi connectivity index (χ4v) is 4.85. The van der Waals surface area contributed by atoms with Crippen LogP contribution >= 0.6 is 0 Å². The third kappa shape index (κ3) is 2.94. The zero-order chi connectivity index (χ0) is 22.1. The Morgan fingerprint density at radius 3 is 2.69 bits per heavy atom. The molecule has 1 saturated heterocycles. The van der Waals surface area contributed by atoms with Gasteiger partial charge in [-0.15, -0.1) is 10.2 Å². The minimum atomic E-state index is -0.994. The molecule has 32 heavy (non-hydrogen) atoms. The number of hydrogen-bond acceptors (Lipinski definition) is 6. The Morgan fingerprint density at radius 2 is 1.94 bits per heavy atom. The van der Waals surface area contributed by atoms with Gasteiger partial charge in [0.2, 0.25) is 0 Å². The van der Waals surface area contributed by atoms with Crippen molar-refractivity contribution >= 4 is 28.5 Å². The normalized spacial score (nSPS) is 21.8. The highest BCUT2D eigenvalue weighted by Crippen LogP contribution is 2.46. The summed E-state index contributed by atoms with van der Waals surface area (Å²) in [6.07, 6.45) is 0.846. The smallest absolute Gasteiger partial charge is 0.404 e. The first-order valence-electron chi connectivity index (χ1n) is 10.4. The summed E-state index contributed by atoms with van der Waals surface area (Å²) in [6, 6.07) is 6.87. The van der Waals surface area contributed by atoms with E-state index in [9.17, 15) is 4.79 Å². The molecule has 0 radical (unpaired) electrons. The second-order valence-corrected chi connectivity index (χ2v) is 8.66.